The Labute approximate surface area is 185 Å². The smallest absolute Gasteiger partial charge is 0.166 e. The summed E-state index contributed by atoms with van der Waals surface area (Å²) in [6.07, 6.45) is 2.92. The van der Waals surface area contributed by atoms with E-state index in [0.29, 0.717) is 6.61 Å². The van der Waals surface area contributed by atoms with E-state index in [9.17, 15) is 4.39 Å². The molecule has 0 spiro atoms. The molecule has 0 fully saturated rings. The monoisotopic (exact) mass is 421 g/mol. The van der Waals surface area contributed by atoms with E-state index in [0.717, 1.165) is 67.1 Å². The molecule has 0 aliphatic carbocycles. The molecule has 3 aromatic rings. The molecule has 0 aliphatic rings. The van der Waals surface area contributed by atoms with Crippen molar-refractivity contribution in [3.8, 4) is 11.5 Å². The number of benzene rings is 3. The van der Waals surface area contributed by atoms with Gasteiger partial charge in [-0.05, 0) is 61.7 Å². The van der Waals surface area contributed by atoms with Crippen LogP contribution in [0.2, 0.25) is 0 Å². The lowest BCUT2D eigenvalue weighted by atomic mass is 10.1. The number of ether oxygens (including phenoxy) is 2. The first-order valence-electron chi connectivity index (χ1n) is 11.0. The molecule has 0 saturated heterocycles. The van der Waals surface area contributed by atoms with Gasteiger partial charge in [-0.3, -0.25) is 4.90 Å². The summed E-state index contributed by atoms with van der Waals surface area (Å²) in [4.78, 5) is 2.43. The summed E-state index contributed by atoms with van der Waals surface area (Å²) in [7, 11) is 1.68. The van der Waals surface area contributed by atoms with Crippen molar-refractivity contribution < 1.29 is 13.9 Å². The van der Waals surface area contributed by atoms with Gasteiger partial charge in [0.1, 0.15) is 12.4 Å². The largest absolute Gasteiger partial charge is 0.493 e. The molecule has 0 amide bonds. The molecule has 3 rings (SSSR count). The molecular formula is C27H32FNO2. The predicted octanol–water partition coefficient (Wildman–Crippen LogP) is 6.26. The Bertz CT molecular complexity index is 930. The van der Waals surface area contributed by atoms with Gasteiger partial charge >= 0.3 is 0 Å². The van der Waals surface area contributed by atoms with Gasteiger partial charge < -0.3 is 9.47 Å². The van der Waals surface area contributed by atoms with Gasteiger partial charge in [0, 0.05) is 12.1 Å². The highest BCUT2D eigenvalue weighted by Crippen LogP contribution is 2.33. The van der Waals surface area contributed by atoms with Crippen LogP contribution in [0, 0.1) is 5.82 Å². The van der Waals surface area contributed by atoms with Gasteiger partial charge in [0.05, 0.1) is 7.11 Å². The summed E-state index contributed by atoms with van der Waals surface area (Å²) in [5.41, 5.74) is 3.29. The fraction of sp³-hybridized carbons (Fsp3) is 0.333. The van der Waals surface area contributed by atoms with Crippen LogP contribution in [0.5, 0.6) is 11.5 Å². The topological polar surface area (TPSA) is 21.7 Å². The number of aryl methyl sites for hydroxylation is 1. The molecule has 0 N–H and O–H groups in total. The number of hydrogen-bond acceptors (Lipinski definition) is 3. The average Bonchev–Trinajstić information content (AvgIpc) is 2.79. The second-order valence-corrected chi connectivity index (χ2v) is 7.73. The molecule has 4 heteroatoms. The van der Waals surface area contributed by atoms with E-state index in [1.807, 2.05) is 36.4 Å². The van der Waals surface area contributed by atoms with Crippen LogP contribution in [0.4, 0.5) is 4.39 Å². The highest BCUT2D eigenvalue weighted by molar-refractivity contribution is 5.46. The van der Waals surface area contributed by atoms with Crippen molar-refractivity contribution in [3.63, 3.8) is 0 Å². The third kappa shape index (κ3) is 7.11. The van der Waals surface area contributed by atoms with Gasteiger partial charge in [-0.1, -0.05) is 61.5 Å². The van der Waals surface area contributed by atoms with Crippen LogP contribution in [-0.4, -0.2) is 25.1 Å². The minimum absolute atomic E-state index is 0.167. The Morgan fingerprint density at radius 1 is 0.871 bits per heavy atom. The maximum atomic E-state index is 13.4. The van der Waals surface area contributed by atoms with Crippen LogP contribution in [-0.2, 0) is 19.6 Å². The van der Waals surface area contributed by atoms with Crippen molar-refractivity contribution in [1.29, 1.82) is 0 Å². The van der Waals surface area contributed by atoms with Crippen LogP contribution < -0.4 is 9.47 Å². The van der Waals surface area contributed by atoms with Crippen LogP contribution >= 0.6 is 0 Å². The number of nitrogens with zero attached hydrogens (tertiary/aromatic N) is 1. The lowest BCUT2D eigenvalue weighted by molar-refractivity contribution is 0.245. The Balaban J connectivity index is 1.67. The van der Waals surface area contributed by atoms with Crippen LogP contribution in [0.15, 0.2) is 72.8 Å². The molecule has 164 valence electrons. The zero-order valence-electron chi connectivity index (χ0n) is 18.5. The number of para-hydroxylation sites is 1. The fourth-order valence-electron chi connectivity index (χ4n) is 3.77. The Morgan fingerprint density at radius 2 is 1.65 bits per heavy atom. The third-order valence-electron chi connectivity index (χ3n) is 5.27. The number of hydrogen-bond donors (Lipinski definition) is 0. The highest BCUT2D eigenvalue weighted by Gasteiger charge is 2.14. The number of rotatable bonds is 12. The molecule has 0 heterocycles. The molecule has 0 aromatic heterocycles. The first-order chi connectivity index (χ1) is 15.2. The first-order valence-corrected chi connectivity index (χ1v) is 11.0. The van der Waals surface area contributed by atoms with Gasteiger partial charge in [0.15, 0.2) is 11.5 Å². The predicted molar refractivity (Wildman–Crippen MR) is 124 cm³/mol. The van der Waals surface area contributed by atoms with E-state index in [4.69, 9.17) is 9.47 Å². The van der Waals surface area contributed by atoms with Gasteiger partial charge in [0.25, 0.3) is 0 Å². The van der Waals surface area contributed by atoms with Gasteiger partial charge in [-0.25, -0.2) is 4.39 Å². The van der Waals surface area contributed by atoms with E-state index in [1.165, 1.54) is 6.07 Å². The normalized spacial score (nSPS) is 11.0. The van der Waals surface area contributed by atoms with Crippen LogP contribution in [0.3, 0.4) is 0 Å². The van der Waals surface area contributed by atoms with E-state index in [-0.39, 0.29) is 5.82 Å². The lowest BCUT2D eigenvalue weighted by Gasteiger charge is -2.24. The maximum absolute atomic E-state index is 13.4. The third-order valence-corrected chi connectivity index (χ3v) is 5.27. The standard InChI is InChI=1S/C27H32FNO2/c1-3-17-29(18-9-13-22-12-7-15-25(28)19-22)20-24-14-8-16-26(30-2)27(24)31-21-23-10-5-4-6-11-23/h4-8,10-12,14-16,19H,3,9,13,17-18,20-21H2,1-2H3. The van der Waals surface area contributed by atoms with Crippen molar-refractivity contribution >= 4 is 0 Å². The summed E-state index contributed by atoms with van der Waals surface area (Å²) in [5, 5.41) is 0. The highest BCUT2D eigenvalue weighted by atomic mass is 19.1. The molecular weight excluding hydrogens is 389 g/mol. The molecule has 0 radical (unpaired) electrons. The minimum atomic E-state index is -0.167. The zero-order chi connectivity index (χ0) is 21.9. The van der Waals surface area contributed by atoms with E-state index in [2.05, 4.69) is 30.0 Å². The molecule has 3 aromatic carbocycles. The van der Waals surface area contributed by atoms with Crippen molar-refractivity contribution in [2.24, 2.45) is 0 Å². The van der Waals surface area contributed by atoms with E-state index in [1.54, 1.807) is 19.2 Å². The molecule has 0 unspecified atom stereocenters. The summed E-state index contributed by atoms with van der Waals surface area (Å²) >= 11 is 0. The zero-order valence-corrected chi connectivity index (χ0v) is 18.5. The van der Waals surface area contributed by atoms with Gasteiger partial charge in [-0.2, -0.15) is 0 Å². The van der Waals surface area contributed by atoms with Gasteiger partial charge in [0.2, 0.25) is 0 Å². The van der Waals surface area contributed by atoms with E-state index >= 15 is 0 Å². The van der Waals surface area contributed by atoms with Crippen LogP contribution in [0.1, 0.15) is 36.5 Å². The van der Waals surface area contributed by atoms with Crippen LogP contribution in [0.25, 0.3) is 0 Å². The van der Waals surface area contributed by atoms with Crippen molar-refractivity contribution in [2.45, 2.75) is 39.3 Å². The van der Waals surface area contributed by atoms with Crippen molar-refractivity contribution in [3.05, 3.63) is 95.3 Å². The summed E-state index contributed by atoms with van der Waals surface area (Å²) < 4.78 is 25.2. The Morgan fingerprint density at radius 3 is 2.39 bits per heavy atom. The summed E-state index contributed by atoms with van der Waals surface area (Å²) in [6, 6.07) is 23.1. The van der Waals surface area contributed by atoms with Gasteiger partial charge in [-0.15, -0.1) is 0 Å². The summed E-state index contributed by atoms with van der Waals surface area (Å²) in [5.74, 6) is 1.39. The van der Waals surface area contributed by atoms with Crippen molar-refractivity contribution in [2.75, 3.05) is 20.2 Å². The maximum Gasteiger partial charge on any atom is 0.166 e. The molecule has 0 aliphatic heterocycles. The van der Waals surface area contributed by atoms with Crippen molar-refractivity contribution in [1.82, 2.24) is 4.90 Å². The molecule has 3 nitrogen and oxygen atoms in total. The van der Waals surface area contributed by atoms with E-state index < -0.39 is 0 Å². The molecule has 0 atom stereocenters. The lowest BCUT2D eigenvalue weighted by Crippen LogP contribution is -2.26. The minimum Gasteiger partial charge on any atom is -0.493 e. The first kappa shape index (κ1) is 22.8. The molecule has 0 bridgehead atoms. The SMILES string of the molecule is CCCN(CCCc1cccc(F)c1)Cc1cccc(OC)c1OCc1ccccc1. The second-order valence-electron chi connectivity index (χ2n) is 7.73. The number of halogens is 1. The number of methoxy groups -OCH3 is 1. The quantitative estimate of drug-likeness (QED) is 0.345. The fourth-order valence-corrected chi connectivity index (χ4v) is 3.77. The average molecular weight is 422 g/mol. The Hall–Kier alpha value is -2.85. The second kappa shape index (κ2) is 12.1. The molecule has 31 heavy (non-hydrogen) atoms. The Kier molecular flexibility index (Phi) is 8.92. The molecule has 0 saturated carbocycles. The summed E-state index contributed by atoms with van der Waals surface area (Å²) in [6.45, 7) is 5.43.